The Hall–Kier alpha value is -1.90. The number of fused-ring (bicyclic) bond motifs is 6. The third-order valence-electron chi connectivity index (χ3n) is 5.33. The maximum absolute atomic E-state index is 10.8. The molecule has 4 rings (SSSR count). The van der Waals surface area contributed by atoms with E-state index in [9.17, 15) is 10.2 Å². The molecule has 2 unspecified atom stereocenters. The van der Waals surface area contributed by atoms with Crippen molar-refractivity contribution in [1.82, 2.24) is 0 Å². The maximum atomic E-state index is 10.8. The zero-order valence-electron chi connectivity index (χ0n) is 12.4. The van der Waals surface area contributed by atoms with E-state index in [0.29, 0.717) is 29.4 Å². The largest absolute Gasteiger partial charge is 0.507 e. The molecule has 0 aliphatic heterocycles. The van der Waals surface area contributed by atoms with Gasteiger partial charge in [0.2, 0.25) is 0 Å². The first kappa shape index (κ1) is 12.8. The molecule has 0 amide bonds. The van der Waals surface area contributed by atoms with E-state index in [2.05, 4.69) is 6.92 Å². The number of phenolic OH excluding ortho intramolecular Hbond substituents is 2. The summed E-state index contributed by atoms with van der Waals surface area (Å²) < 4.78 is 5.52. The number of ether oxygens (including phenoxy) is 1. The maximum Gasteiger partial charge on any atom is 0.127 e. The van der Waals surface area contributed by atoms with Gasteiger partial charge in [-0.05, 0) is 55.7 Å². The Morgan fingerprint density at radius 3 is 2.81 bits per heavy atom. The first-order valence-corrected chi connectivity index (χ1v) is 7.70. The SMILES string of the molecule is CCOc1ccc2c(O)c3c(c(O)c2c1)C1CCC3(C)C1. The van der Waals surface area contributed by atoms with E-state index in [0.717, 1.165) is 41.5 Å². The van der Waals surface area contributed by atoms with Crippen LogP contribution in [0.15, 0.2) is 18.2 Å². The molecule has 0 aromatic heterocycles. The monoisotopic (exact) mass is 284 g/mol. The molecule has 0 saturated heterocycles. The number of benzene rings is 2. The summed E-state index contributed by atoms with van der Waals surface area (Å²) in [6, 6.07) is 5.54. The van der Waals surface area contributed by atoms with Crippen molar-refractivity contribution in [2.45, 2.75) is 44.4 Å². The van der Waals surface area contributed by atoms with Crippen molar-refractivity contribution in [3.05, 3.63) is 29.3 Å². The van der Waals surface area contributed by atoms with E-state index >= 15 is 0 Å². The first-order chi connectivity index (χ1) is 10.0. The second kappa shape index (κ2) is 4.06. The van der Waals surface area contributed by atoms with Crippen molar-refractivity contribution in [2.24, 2.45) is 0 Å². The molecule has 110 valence electrons. The number of aromatic hydroxyl groups is 2. The van der Waals surface area contributed by atoms with Crippen LogP contribution >= 0.6 is 0 Å². The molecule has 2 atom stereocenters. The molecule has 21 heavy (non-hydrogen) atoms. The first-order valence-electron chi connectivity index (χ1n) is 7.70. The van der Waals surface area contributed by atoms with E-state index in [-0.39, 0.29) is 5.41 Å². The van der Waals surface area contributed by atoms with Gasteiger partial charge in [0, 0.05) is 21.9 Å². The van der Waals surface area contributed by atoms with E-state index in [1.807, 2.05) is 25.1 Å². The molecule has 0 radical (unpaired) electrons. The van der Waals surface area contributed by atoms with Gasteiger partial charge in [0.1, 0.15) is 17.2 Å². The fourth-order valence-corrected chi connectivity index (χ4v) is 4.43. The highest BCUT2D eigenvalue weighted by atomic mass is 16.5. The van der Waals surface area contributed by atoms with Gasteiger partial charge in [0.05, 0.1) is 6.61 Å². The minimum atomic E-state index is 0.0222. The van der Waals surface area contributed by atoms with Crippen LogP contribution in [-0.4, -0.2) is 16.8 Å². The third-order valence-corrected chi connectivity index (χ3v) is 5.33. The zero-order chi connectivity index (χ0) is 14.8. The lowest BCUT2D eigenvalue weighted by molar-refractivity contribution is 0.340. The van der Waals surface area contributed by atoms with Gasteiger partial charge in [0.15, 0.2) is 0 Å². The van der Waals surface area contributed by atoms with Gasteiger partial charge in [-0.1, -0.05) is 6.92 Å². The van der Waals surface area contributed by atoms with Crippen molar-refractivity contribution in [3.63, 3.8) is 0 Å². The van der Waals surface area contributed by atoms with Crippen molar-refractivity contribution in [1.29, 1.82) is 0 Å². The summed E-state index contributed by atoms with van der Waals surface area (Å²) in [7, 11) is 0. The average molecular weight is 284 g/mol. The number of hydrogen-bond acceptors (Lipinski definition) is 3. The van der Waals surface area contributed by atoms with Crippen LogP contribution in [0, 0.1) is 0 Å². The number of phenols is 2. The van der Waals surface area contributed by atoms with Gasteiger partial charge in [-0.2, -0.15) is 0 Å². The van der Waals surface area contributed by atoms with Crippen molar-refractivity contribution < 1.29 is 14.9 Å². The molecular formula is C18H20O3. The predicted octanol–water partition coefficient (Wildman–Crippen LogP) is 4.19. The smallest absolute Gasteiger partial charge is 0.127 e. The van der Waals surface area contributed by atoms with Gasteiger partial charge in [-0.15, -0.1) is 0 Å². The predicted molar refractivity (Wildman–Crippen MR) is 82.4 cm³/mol. The molecule has 3 heteroatoms. The highest BCUT2D eigenvalue weighted by Gasteiger charge is 2.49. The van der Waals surface area contributed by atoms with Gasteiger partial charge in [0.25, 0.3) is 0 Å². The number of rotatable bonds is 2. The summed E-state index contributed by atoms with van der Waals surface area (Å²) in [5, 5.41) is 22.9. The quantitative estimate of drug-likeness (QED) is 0.813. The Balaban J connectivity index is 2.04. The van der Waals surface area contributed by atoms with Crippen molar-refractivity contribution in [2.75, 3.05) is 6.61 Å². The fourth-order valence-electron chi connectivity index (χ4n) is 4.43. The van der Waals surface area contributed by atoms with Gasteiger partial charge >= 0.3 is 0 Å². The summed E-state index contributed by atoms with van der Waals surface area (Å²) in [5.41, 5.74) is 1.98. The topological polar surface area (TPSA) is 49.7 Å². The summed E-state index contributed by atoms with van der Waals surface area (Å²) in [5.74, 6) is 1.81. The standard InChI is InChI=1S/C18H20O3/c1-3-21-11-4-5-12-13(8-11)16(19)14-10-6-7-18(2,9-10)15(14)17(12)20/h4-5,8,10,19-20H,3,6-7,9H2,1-2H3. The summed E-state index contributed by atoms with van der Waals surface area (Å²) >= 11 is 0. The second-order valence-electron chi connectivity index (χ2n) is 6.63. The van der Waals surface area contributed by atoms with Gasteiger partial charge in [-0.3, -0.25) is 0 Å². The molecule has 0 heterocycles. The summed E-state index contributed by atoms with van der Waals surface area (Å²) in [4.78, 5) is 0. The Labute approximate surface area is 124 Å². The Kier molecular flexibility index (Phi) is 2.48. The van der Waals surface area contributed by atoms with E-state index < -0.39 is 0 Å². The van der Waals surface area contributed by atoms with Crippen LogP contribution in [0.1, 0.15) is 50.2 Å². The molecule has 1 fully saturated rings. The molecule has 3 nitrogen and oxygen atoms in total. The molecule has 2 aromatic carbocycles. The fraction of sp³-hybridized carbons (Fsp3) is 0.444. The summed E-state index contributed by atoms with van der Waals surface area (Å²) in [6.07, 6.45) is 3.24. The molecule has 2 bridgehead atoms. The van der Waals surface area contributed by atoms with Gasteiger partial charge in [-0.25, -0.2) is 0 Å². The van der Waals surface area contributed by atoms with Crippen LogP contribution in [-0.2, 0) is 5.41 Å². The van der Waals surface area contributed by atoms with Crippen molar-refractivity contribution in [3.8, 4) is 17.2 Å². The van der Waals surface area contributed by atoms with Crippen molar-refractivity contribution >= 4 is 10.8 Å². The molecular weight excluding hydrogens is 264 g/mol. The lowest BCUT2D eigenvalue weighted by Gasteiger charge is -2.27. The summed E-state index contributed by atoms with van der Waals surface area (Å²) in [6.45, 7) is 4.73. The van der Waals surface area contributed by atoms with Crippen LogP contribution in [0.5, 0.6) is 17.2 Å². The zero-order valence-corrected chi connectivity index (χ0v) is 12.4. The lowest BCUT2D eigenvalue weighted by atomic mass is 9.79. The van der Waals surface area contributed by atoms with Crippen LogP contribution in [0.3, 0.4) is 0 Å². The lowest BCUT2D eigenvalue weighted by Crippen LogP contribution is -2.16. The Bertz CT molecular complexity index is 750. The van der Waals surface area contributed by atoms with E-state index in [4.69, 9.17) is 4.74 Å². The molecule has 1 saturated carbocycles. The molecule has 2 aromatic rings. The molecule has 0 spiro atoms. The van der Waals surface area contributed by atoms with E-state index in [1.54, 1.807) is 0 Å². The minimum Gasteiger partial charge on any atom is -0.507 e. The molecule has 2 N–H and O–H groups in total. The van der Waals surface area contributed by atoms with Crippen LogP contribution in [0.25, 0.3) is 10.8 Å². The minimum absolute atomic E-state index is 0.0222. The average Bonchev–Trinajstić information content (AvgIpc) is 2.98. The molecule has 2 aliphatic rings. The highest BCUT2D eigenvalue weighted by Crippen LogP contribution is 2.63. The van der Waals surface area contributed by atoms with Crippen LogP contribution < -0.4 is 4.74 Å². The van der Waals surface area contributed by atoms with Gasteiger partial charge < -0.3 is 14.9 Å². The molecule has 2 aliphatic carbocycles. The second-order valence-corrected chi connectivity index (χ2v) is 6.63. The Morgan fingerprint density at radius 1 is 1.24 bits per heavy atom. The van der Waals surface area contributed by atoms with E-state index in [1.165, 1.54) is 0 Å². The highest BCUT2D eigenvalue weighted by molar-refractivity contribution is 5.97. The third kappa shape index (κ3) is 1.55. The Morgan fingerprint density at radius 2 is 2.05 bits per heavy atom. The van der Waals surface area contributed by atoms with Crippen LogP contribution in [0.2, 0.25) is 0 Å². The number of hydrogen-bond donors (Lipinski definition) is 2. The van der Waals surface area contributed by atoms with Crippen LogP contribution in [0.4, 0.5) is 0 Å². The normalized spacial score (nSPS) is 26.3.